The fourth-order valence-corrected chi connectivity index (χ4v) is 4.29. The van der Waals surface area contributed by atoms with Gasteiger partial charge in [-0.15, -0.1) is 0 Å². The molecular formula is C24H26N2O4. The number of fused-ring (bicyclic) bond motifs is 3. The fourth-order valence-electron chi connectivity index (χ4n) is 4.29. The van der Waals surface area contributed by atoms with Crippen molar-refractivity contribution in [3.8, 4) is 11.1 Å². The smallest absolute Gasteiger partial charge is 0.410 e. The van der Waals surface area contributed by atoms with E-state index in [4.69, 9.17) is 9.47 Å². The van der Waals surface area contributed by atoms with Crippen molar-refractivity contribution in [2.45, 2.75) is 24.8 Å². The molecule has 6 nitrogen and oxygen atoms in total. The van der Waals surface area contributed by atoms with Gasteiger partial charge in [0.25, 0.3) is 0 Å². The van der Waals surface area contributed by atoms with Gasteiger partial charge in [-0.25, -0.2) is 9.59 Å². The van der Waals surface area contributed by atoms with Crippen molar-refractivity contribution in [2.75, 3.05) is 26.3 Å². The van der Waals surface area contributed by atoms with Gasteiger partial charge in [-0.3, -0.25) is 0 Å². The topological polar surface area (TPSA) is 67.9 Å². The lowest BCUT2D eigenvalue weighted by Crippen LogP contribution is -2.50. The van der Waals surface area contributed by atoms with Gasteiger partial charge in [-0.05, 0) is 35.1 Å². The first-order valence-corrected chi connectivity index (χ1v) is 10.3. The number of hydrogen-bond acceptors (Lipinski definition) is 4. The van der Waals surface area contributed by atoms with Crippen molar-refractivity contribution in [3.63, 3.8) is 0 Å². The maximum Gasteiger partial charge on any atom is 0.410 e. The van der Waals surface area contributed by atoms with E-state index in [2.05, 4.69) is 36.2 Å². The lowest BCUT2D eigenvalue weighted by molar-refractivity contribution is 0.0930. The Hall–Kier alpha value is -3.28. The second-order valence-corrected chi connectivity index (χ2v) is 7.62. The van der Waals surface area contributed by atoms with E-state index in [0.29, 0.717) is 13.1 Å². The Morgan fingerprint density at radius 2 is 1.73 bits per heavy atom. The number of carbonyl (C=O) groups is 2. The number of alkyl carbamates (subject to hydrolysis) is 1. The number of nitrogens with one attached hydrogen (secondary N) is 1. The molecule has 1 N–H and O–H groups in total. The molecule has 1 unspecified atom stereocenters. The van der Waals surface area contributed by atoms with E-state index in [-0.39, 0.29) is 31.3 Å². The van der Waals surface area contributed by atoms with Crippen LogP contribution in [0.4, 0.5) is 9.59 Å². The zero-order valence-electron chi connectivity index (χ0n) is 16.9. The Morgan fingerprint density at radius 1 is 1.07 bits per heavy atom. The summed E-state index contributed by atoms with van der Waals surface area (Å²) in [5.74, 6) is 0.0277. The number of ether oxygens (including phenoxy) is 2. The SMILES string of the molecule is C=CCOC(=O)N1CCCC(NC(=O)OCC2c3ccccc3-c3ccccc32)C1. The summed E-state index contributed by atoms with van der Waals surface area (Å²) in [6.07, 6.45) is 2.30. The number of amides is 2. The summed E-state index contributed by atoms with van der Waals surface area (Å²) in [5.41, 5.74) is 4.76. The Kier molecular flexibility index (Phi) is 6.02. The van der Waals surface area contributed by atoms with Gasteiger partial charge in [0.1, 0.15) is 13.2 Å². The normalized spacial score (nSPS) is 17.6. The number of rotatable bonds is 5. The molecule has 2 aromatic rings. The van der Waals surface area contributed by atoms with Gasteiger partial charge in [-0.2, -0.15) is 0 Å². The summed E-state index contributed by atoms with van der Waals surface area (Å²) in [6, 6.07) is 16.3. The molecule has 2 aliphatic rings. The average Bonchev–Trinajstić information content (AvgIpc) is 3.10. The van der Waals surface area contributed by atoms with Crippen LogP contribution in [0.3, 0.4) is 0 Å². The van der Waals surface area contributed by atoms with Crippen molar-refractivity contribution in [2.24, 2.45) is 0 Å². The summed E-state index contributed by atoms with van der Waals surface area (Å²) in [6.45, 7) is 5.04. The molecule has 0 saturated carbocycles. The van der Waals surface area contributed by atoms with Gasteiger partial charge < -0.3 is 19.7 Å². The average molecular weight is 406 g/mol. The van der Waals surface area contributed by atoms with Crippen LogP contribution in [0.2, 0.25) is 0 Å². The molecular weight excluding hydrogens is 380 g/mol. The molecule has 2 aromatic carbocycles. The summed E-state index contributed by atoms with van der Waals surface area (Å²) in [4.78, 5) is 26.1. The zero-order chi connectivity index (χ0) is 20.9. The van der Waals surface area contributed by atoms with Crippen LogP contribution in [0.5, 0.6) is 0 Å². The molecule has 1 saturated heterocycles. The maximum atomic E-state index is 12.5. The first kappa shape index (κ1) is 20.0. The quantitative estimate of drug-likeness (QED) is 0.752. The minimum Gasteiger partial charge on any atom is -0.449 e. The Labute approximate surface area is 176 Å². The van der Waals surface area contributed by atoms with Crippen molar-refractivity contribution >= 4 is 12.2 Å². The molecule has 4 rings (SSSR count). The Balaban J connectivity index is 1.34. The molecule has 0 spiro atoms. The minimum absolute atomic E-state index is 0.0277. The number of benzene rings is 2. The van der Waals surface area contributed by atoms with Crippen LogP contribution < -0.4 is 5.32 Å². The van der Waals surface area contributed by atoms with Gasteiger partial charge in [0, 0.05) is 25.0 Å². The van der Waals surface area contributed by atoms with Crippen molar-refractivity contribution in [1.29, 1.82) is 0 Å². The summed E-state index contributed by atoms with van der Waals surface area (Å²) >= 11 is 0. The Morgan fingerprint density at radius 3 is 2.40 bits per heavy atom. The molecule has 1 fully saturated rings. The third-order valence-electron chi connectivity index (χ3n) is 5.67. The van der Waals surface area contributed by atoms with Crippen LogP contribution in [0.15, 0.2) is 61.2 Å². The van der Waals surface area contributed by atoms with E-state index in [1.54, 1.807) is 4.90 Å². The number of hydrogen-bond donors (Lipinski definition) is 1. The molecule has 1 aliphatic carbocycles. The van der Waals surface area contributed by atoms with E-state index >= 15 is 0 Å². The Bertz CT molecular complexity index is 897. The first-order valence-electron chi connectivity index (χ1n) is 10.3. The van der Waals surface area contributed by atoms with Gasteiger partial charge in [0.15, 0.2) is 0 Å². The van der Waals surface area contributed by atoms with Gasteiger partial charge in [0.2, 0.25) is 0 Å². The molecule has 0 bridgehead atoms. The molecule has 1 aliphatic heterocycles. The van der Waals surface area contributed by atoms with Crippen molar-refractivity contribution in [1.82, 2.24) is 10.2 Å². The monoisotopic (exact) mass is 406 g/mol. The molecule has 1 heterocycles. The van der Waals surface area contributed by atoms with Crippen LogP contribution in [0, 0.1) is 0 Å². The highest BCUT2D eigenvalue weighted by atomic mass is 16.6. The second kappa shape index (κ2) is 9.03. The third-order valence-corrected chi connectivity index (χ3v) is 5.67. The molecule has 30 heavy (non-hydrogen) atoms. The predicted molar refractivity (Wildman–Crippen MR) is 114 cm³/mol. The minimum atomic E-state index is -0.455. The van der Waals surface area contributed by atoms with Crippen LogP contribution in [-0.4, -0.2) is 49.4 Å². The number of nitrogens with zero attached hydrogens (tertiary/aromatic N) is 1. The highest BCUT2D eigenvalue weighted by molar-refractivity contribution is 5.79. The first-order chi connectivity index (χ1) is 14.7. The summed E-state index contributed by atoms with van der Waals surface area (Å²) in [5, 5.41) is 2.90. The van der Waals surface area contributed by atoms with E-state index in [1.165, 1.54) is 28.3 Å². The van der Waals surface area contributed by atoms with E-state index in [1.807, 2.05) is 24.3 Å². The predicted octanol–water partition coefficient (Wildman–Crippen LogP) is 4.31. The fraction of sp³-hybridized carbons (Fsp3) is 0.333. The number of likely N-dealkylation sites (tertiary alicyclic amines) is 1. The largest absolute Gasteiger partial charge is 0.449 e. The molecule has 6 heteroatoms. The lowest BCUT2D eigenvalue weighted by atomic mass is 9.98. The molecule has 1 atom stereocenters. The molecule has 0 aromatic heterocycles. The summed E-state index contributed by atoms with van der Waals surface area (Å²) < 4.78 is 10.7. The van der Waals surface area contributed by atoms with Crippen LogP contribution in [0.25, 0.3) is 11.1 Å². The van der Waals surface area contributed by atoms with E-state index in [0.717, 1.165) is 12.8 Å². The number of piperidine rings is 1. The standard InChI is InChI=1S/C24H26N2O4/c1-2-14-29-24(28)26-13-7-8-17(15-26)25-23(27)30-16-22-20-11-5-3-9-18(20)19-10-4-6-12-21(19)22/h2-6,9-12,17,22H,1,7-8,13-16H2,(H,25,27). The third kappa shape index (κ3) is 4.17. The molecule has 0 radical (unpaired) electrons. The van der Waals surface area contributed by atoms with Crippen LogP contribution in [-0.2, 0) is 9.47 Å². The zero-order valence-corrected chi connectivity index (χ0v) is 16.9. The van der Waals surface area contributed by atoms with Gasteiger partial charge >= 0.3 is 12.2 Å². The summed E-state index contributed by atoms with van der Waals surface area (Å²) in [7, 11) is 0. The number of carbonyl (C=O) groups excluding carboxylic acids is 2. The highest BCUT2D eigenvalue weighted by Gasteiger charge is 2.30. The lowest BCUT2D eigenvalue weighted by Gasteiger charge is -2.32. The maximum absolute atomic E-state index is 12.5. The van der Waals surface area contributed by atoms with Gasteiger partial charge in [-0.1, -0.05) is 61.2 Å². The highest BCUT2D eigenvalue weighted by Crippen LogP contribution is 2.44. The van der Waals surface area contributed by atoms with Crippen molar-refractivity contribution < 1.29 is 19.1 Å². The van der Waals surface area contributed by atoms with Crippen molar-refractivity contribution in [3.05, 3.63) is 72.3 Å². The van der Waals surface area contributed by atoms with E-state index in [9.17, 15) is 9.59 Å². The molecule has 2 amide bonds. The van der Waals surface area contributed by atoms with Crippen LogP contribution in [0.1, 0.15) is 29.9 Å². The van der Waals surface area contributed by atoms with Crippen LogP contribution >= 0.6 is 0 Å². The van der Waals surface area contributed by atoms with E-state index < -0.39 is 6.09 Å². The van der Waals surface area contributed by atoms with Gasteiger partial charge in [0.05, 0.1) is 0 Å². The second-order valence-electron chi connectivity index (χ2n) is 7.62. The molecule has 156 valence electrons.